The maximum atomic E-state index is 11.7. The van der Waals surface area contributed by atoms with E-state index >= 15 is 0 Å². The number of carbonyl (C=O) groups excluding carboxylic acids is 1. The molecule has 1 rings (SSSR count). The van der Waals surface area contributed by atoms with Gasteiger partial charge in [0.05, 0.1) is 6.42 Å². The molecule has 1 atom stereocenters. The average molecular weight is 272 g/mol. The summed E-state index contributed by atoms with van der Waals surface area (Å²) in [5.74, 6) is 1.06. The zero-order valence-corrected chi connectivity index (χ0v) is 12.6. The lowest BCUT2D eigenvalue weighted by Crippen LogP contribution is -2.06. The van der Waals surface area contributed by atoms with Crippen molar-refractivity contribution in [1.29, 1.82) is 0 Å². The number of carbonyl (C=O) groups is 1. The van der Waals surface area contributed by atoms with Crippen LogP contribution in [0, 0.1) is 5.92 Å². The van der Waals surface area contributed by atoms with Crippen LogP contribution < -0.4 is 0 Å². The minimum atomic E-state index is -0.212. The Kier molecular flexibility index (Phi) is 7.41. The van der Waals surface area contributed by atoms with Crippen molar-refractivity contribution in [1.82, 2.24) is 0 Å². The summed E-state index contributed by atoms with van der Waals surface area (Å²) in [5, 5.41) is 0. The molecule has 0 aliphatic carbocycles. The molecule has 0 N–H and O–H groups in total. The third-order valence-electron chi connectivity index (χ3n) is 3.12. The highest BCUT2D eigenvalue weighted by Crippen LogP contribution is 2.07. The minimum absolute atomic E-state index is 0.212. The van der Waals surface area contributed by atoms with E-state index in [0.29, 0.717) is 18.1 Å². The third kappa shape index (κ3) is 6.93. The molecule has 0 heterocycles. The van der Waals surface area contributed by atoms with Crippen LogP contribution in [0.15, 0.2) is 54.3 Å². The molecule has 20 heavy (non-hydrogen) atoms. The molecule has 0 radical (unpaired) electrons. The largest absolute Gasteiger partial charge is 0.431 e. The summed E-state index contributed by atoms with van der Waals surface area (Å²) < 4.78 is 5.28. The molecular weight excluding hydrogens is 248 g/mol. The lowest BCUT2D eigenvalue weighted by atomic mass is 10.1. The molecule has 1 unspecified atom stereocenters. The number of rotatable bonds is 7. The number of benzene rings is 1. The molecule has 0 aromatic heterocycles. The summed E-state index contributed by atoms with van der Waals surface area (Å²) in [6.07, 6.45) is 8.49. The van der Waals surface area contributed by atoms with E-state index in [-0.39, 0.29) is 5.97 Å². The molecule has 108 valence electrons. The van der Waals surface area contributed by atoms with Crippen LogP contribution >= 0.6 is 0 Å². The van der Waals surface area contributed by atoms with E-state index in [0.717, 1.165) is 18.4 Å². The van der Waals surface area contributed by atoms with Crippen molar-refractivity contribution >= 4 is 5.97 Å². The zero-order valence-electron chi connectivity index (χ0n) is 12.6. The summed E-state index contributed by atoms with van der Waals surface area (Å²) in [5.41, 5.74) is 0.974. The van der Waals surface area contributed by atoms with Crippen LogP contribution in [0.3, 0.4) is 0 Å². The smallest absolute Gasteiger partial charge is 0.315 e. The third-order valence-corrected chi connectivity index (χ3v) is 3.12. The summed E-state index contributed by atoms with van der Waals surface area (Å²) in [6, 6.07) is 9.63. The molecule has 1 aromatic rings. The molecule has 0 aliphatic rings. The van der Waals surface area contributed by atoms with Gasteiger partial charge in [0.25, 0.3) is 0 Å². The summed E-state index contributed by atoms with van der Waals surface area (Å²) >= 11 is 0. The van der Waals surface area contributed by atoms with Crippen LogP contribution in [-0.2, 0) is 16.0 Å². The molecule has 0 bridgehead atoms. The van der Waals surface area contributed by atoms with E-state index < -0.39 is 0 Å². The van der Waals surface area contributed by atoms with Crippen LogP contribution in [0.2, 0.25) is 0 Å². The topological polar surface area (TPSA) is 26.3 Å². The van der Waals surface area contributed by atoms with Crippen molar-refractivity contribution in [2.24, 2.45) is 5.92 Å². The molecule has 0 saturated heterocycles. The van der Waals surface area contributed by atoms with Crippen molar-refractivity contribution < 1.29 is 9.53 Å². The molecule has 0 aliphatic heterocycles. The van der Waals surface area contributed by atoms with Crippen molar-refractivity contribution in [2.45, 2.75) is 40.0 Å². The Morgan fingerprint density at radius 1 is 1.30 bits per heavy atom. The van der Waals surface area contributed by atoms with Gasteiger partial charge in [-0.05, 0) is 30.9 Å². The summed E-state index contributed by atoms with van der Waals surface area (Å²) in [6.45, 7) is 6.17. The van der Waals surface area contributed by atoms with Gasteiger partial charge in [0, 0.05) is 0 Å². The highest BCUT2D eigenvalue weighted by molar-refractivity contribution is 5.73. The van der Waals surface area contributed by atoms with Gasteiger partial charge in [-0.25, -0.2) is 0 Å². The first-order chi connectivity index (χ1) is 9.61. The Labute approximate surface area is 122 Å². The van der Waals surface area contributed by atoms with Gasteiger partial charge in [0.2, 0.25) is 0 Å². The van der Waals surface area contributed by atoms with Crippen LogP contribution in [0.1, 0.15) is 39.2 Å². The normalized spacial score (nSPS) is 13.4. The second kappa shape index (κ2) is 9.13. The minimum Gasteiger partial charge on any atom is -0.431 e. The van der Waals surface area contributed by atoms with E-state index in [1.165, 1.54) is 0 Å². The first kappa shape index (κ1) is 16.2. The van der Waals surface area contributed by atoms with E-state index in [4.69, 9.17) is 4.74 Å². The van der Waals surface area contributed by atoms with Crippen LogP contribution in [0.25, 0.3) is 0 Å². The van der Waals surface area contributed by atoms with E-state index in [1.54, 1.807) is 0 Å². The van der Waals surface area contributed by atoms with Gasteiger partial charge in [-0.3, -0.25) is 4.79 Å². The van der Waals surface area contributed by atoms with Gasteiger partial charge in [-0.1, -0.05) is 62.8 Å². The fourth-order valence-electron chi connectivity index (χ4n) is 1.70. The lowest BCUT2D eigenvalue weighted by Gasteiger charge is -2.04. The van der Waals surface area contributed by atoms with Gasteiger partial charge in [0.15, 0.2) is 0 Å². The Hall–Kier alpha value is -1.83. The first-order valence-electron chi connectivity index (χ1n) is 7.19. The number of hydrogen-bond donors (Lipinski definition) is 0. The van der Waals surface area contributed by atoms with E-state index in [9.17, 15) is 4.79 Å². The second-order valence-corrected chi connectivity index (χ2v) is 5.00. The van der Waals surface area contributed by atoms with Crippen molar-refractivity contribution in [3.8, 4) is 0 Å². The summed E-state index contributed by atoms with van der Waals surface area (Å²) in [4.78, 5) is 11.7. The molecule has 2 nitrogen and oxygen atoms in total. The maximum absolute atomic E-state index is 11.7. The van der Waals surface area contributed by atoms with Crippen LogP contribution in [0.5, 0.6) is 0 Å². The number of ether oxygens (including phenoxy) is 1. The highest BCUT2D eigenvalue weighted by Gasteiger charge is 2.04. The maximum Gasteiger partial charge on any atom is 0.315 e. The molecule has 2 heteroatoms. The van der Waals surface area contributed by atoms with Crippen molar-refractivity contribution in [2.75, 3.05) is 0 Å². The number of allylic oxidation sites excluding steroid dienone is 4. The number of hydrogen-bond acceptors (Lipinski definition) is 2. The van der Waals surface area contributed by atoms with Crippen LogP contribution in [-0.4, -0.2) is 5.97 Å². The molecule has 0 amide bonds. The quantitative estimate of drug-likeness (QED) is 0.409. The van der Waals surface area contributed by atoms with Crippen LogP contribution in [0.4, 0.5) is 0 Å². The fourth-order valence-corrected chi connectivity index (χ4v) is 1.70. The first-order valence-corrected chi connectivity index (χ1v) is 7.19. The lowest BCUT2D eigenvalue weighted by molar-refractivity contribution is -0.138. The van der Waals surface area contributed by atoms with Crippen molar-refractivity contribution in [3.05, 3.63) is 59.9 Å². The van der Waals surface area contributed by atoms with Crippen molar-refractivity contribution in [3.63, 3.8) is 0 Å². The van der Waals surface area contributed by atoms with Gasteiger partial charge in [-0.2, -0.15) is 0 Å². The standard InChI is InChI=1S/C18H24O2/c1-4-15(2)10-8-9-11-16(3)20-18(19)14-17-12-6-5-7-13-17/h5-8,10-13,15H,4,9,14H2,1-3H3/b10-8+,16-11+. The predicted molar refractivity (Wildman–Crippen MR) is 83.2 cm³/mol. The molecule has 0 fully saturated rings. The van der Waals surface area contributed by atoms with E-state index in [2.05, 4.69) is 26.0 Å². The summed E-state index contributed by atoms with van der Waals surface area (Å²) in [7, 11) is 0. The molecular formula is C18H24O2. The SMILES string of the molecule is CCC(C)/C=C/C/C=C(\C)OC(=O)Cc1ccccc1. The Morgan fingerprint density at radius 2 is 2.00 bits per heavy atom. The van der Waals surface area contributed by atoms with Gasteiger partial charge >= 0.3 is 5.97 Å². The van der Waals surface area contributed by atoms with Gasteiger partial charge in [0.1, 0.15) is 5.76 Å². The van der Waals surface area contributed by atoms with Gasteiger partial charge in [-0.15, -0.1) is 0 Å². The Bertz CT molecular complexity index is 458. The zero-order chi connectivity index (χ0) is 14.8. The number of esters is 1. The molecule has 1 aromatic carbocycles. The monoisotopic (exact) mass is 272 g/mol. The van der Waals surface area contributed by atoms with Gasteiger partial charge < -0.3 is 4.74 Å². The van der Waals surface area contributed by atoms with E-state index in [1.807, 2.05) is 43.3 Å². The predicted octanol–water partition coefficient (Wildman–Crippen LogP) is 4.67. The fraction of sp³-hybridized carbons (Fsp3) is 0.389. The average Bonchev–Trinajstić information content (AvgIpc) is 2.44. The molecule has 0 saturated carbocycles. The Morgan fingerprint density at radius 3 is 2.65 bits per heavy atom. The Balaban J connectivity index is 2.36. The highest BCUT2D eigenvalue weighted by atomic mass is 16.5. The second-order valence-electron chi connectivity index (χ2n) is 5.00. The molecule has 0 spiro atoms.